The Bertz CT molecular complexity index is 2470. The van der Waals surface area contributed by atoms with Crippen molar-refractivity contribution in [1.82, 2.24) is 10.3 Å². The van der Waals surface area contributed by atoms with Crippen LogP contribution < -0.4 is 11.1 Å². The standard InChI is InChI=1S/C59H85N3O18/c1-34-20-16-14-12-10-8-6-7-9-11-13-15-17-21-42(79-58-55(72)52(60)54(71)37(4)78-58)30-49-51(56(73)62-45(57(74)76-5)26-38-33-61-44-23-19-18-22-43(38)44)48(68)32-59(75,80-49)31-41(65)28-47(67)46(66)25-24-39(63)27-40(64)29-50(69)77-36(3)35(2)53(34)70/h6-23,33-37,39-42,45-49,51-55,58,61,63-68,70-72,75H,24-32,60H2,1-5H3,(H,62,73)/b7-6+,10-8+,11-9+,14-12+,15-13+,20-16+,21-17+/t34-,35-,36-,37+,39+,40+,41-,42-,45-,46+,47+,48-,49-,51+,52-,53+,54+,55-,58-,59+/m0/s1. The second-order valence-corrected chi connectivity index (χ2v) is 21.4. The monoisotopic (exact) mass is 1120 g/mol. The molecule has 21 nitrogen and oxygen atoms in total. The van der Waals surface area contributed by atoms with E-state index < -0.39 is 159 Å². The maximum atomic E-state index is 14.6. The van der Waals surface area contributed by atoms with Gasteiger partial charge in [-0.3, -0.25) is 9.59 Å². The molecule has 2 saturated heterocycles. The number of esters is 2. The summed E-state index contributed by atoms with van der Waals surface area (Å²) in [5.74, 6) is -7.11. The van der Waals surface area contributed by atoms with Gasteiger partial charge in [-0.05, 0) is 44.7 Å². The number of rotatable bonds is 7. The van der Waals surface area contributed by atoms with Crippen molar-refractivity contribution >= 4 is 28.7 Å². The summed E-state index contributed by atoms with van der Waals surface area (Å²) in [6.07, 6.45) is 4.53. The number of H-pyrrole nitrogens is 1. The molecule has 21 heteroatoms. The fourth-order valence-electron chi connectivity index (χ4n) is 10.1. The van der Waals surface area contributed by atoms with Crippen LogP contribution in [0.5, 0.6) is 0 Å². The van der Waals surface area contributed by atoms with E-state index in [1.54, 1.807) is 86.9 Å². The third-order valence-electron chi connectivity index (χ3n) is 14.9. The molecule has 2 aromatic rings. The molecule has 1 amide bonds. The van der Waals surface area contributed by atoms with E-state index in [1.807, 2.05) is 49.4 Å². The Balaban J connectivity index is 1.44. The van der Waals surface area contributed by atoms with Gasteiger partial charge >= 0.3 is 11.9 Å². The molecule has 5 rings (SSSR count). The van der Waals surface area contributed by atoms with E-state index in [4.69, 9.17) is 29.4 Å². The molecule has 1 aromatic carbocycles. The van der Waals surface area contributed by atoms with E-state index in [0.29, 0.717) is 5.56 Å². The van der Waals surface area contributed by atoms with Crippen molar-refractivity contribution in [1.29, 1.82) is 0 Å². The summed E-state index contributed by atoms with van der Waals surface area (Å²) in [6.45, 7) is 6.75. The van der Waals surface area contributed by atoms with Crippen molar-refractivity contribution in [3.05, 3.63) is 121 Å². The van der Waals surface area contributed by atoms with Gasteiger partial charge in [0.2, 0.25) is 5.91 Å². The van der Waals surface area contributed by atoms with E-state index in [2.05, 4.69) is 10.3 Å². The number of carbonyl (C=O) groups is 3. The summed E-state index contributed by atoms with van der Waals surface area (Å²) in [5.41, 5.74) is 7.62. The number of aliphatic hydroxyl groups excluding tert-OH is 9. The van der Waals surface area contributed by atoms with Crippen molar-refractivity contribution < 1.29 is 89.1 Å². The number of cyclic esters (lactones) is 1. The molecule has 1 aromatic heterocycles. The number of allylic oxidation sites excluding steroid dienone is 12. The van der Waals surface area contributed by atoms with Crippen LogP contribution in [0.15, 0.2) is 116 Å². The summed E-state index contributed by atoms with van der Waals surface area (Å²) in [5, 5.41) is 115. The highest BCUT2D eigenvalue weighted by molar-refractivity contribution is 5.88. The van der Waals surface area contributed by atoms with Gasteiger partial charge in [-0.15, -0.1) is 0 Å². The Hall–Kier alpha value is -5.21. The van der Waals surface area contributed by atoms with Crippen molar-refractivity contribution in [3.8, 4) is 0 Å². The predicted molar refractivity (Wildman–Crippen MR) is 295 cm³/mol. The number of para-hydroxylation sites is 1. The number of methoxy groups -OCH3 is 1. The third kappa shape index (κ3) is 19.8. The first-order valence-electron chi connectivity index (χ1n) is 27.4. The molecule has 4 heterocycles. The molecule has 3 aliphatic rings. The minimum Gasteiger partial charge on any atom is -0.467 e. The number of aliphatic hydroxyl groups is 10. The zero-order valence-electron chi connectivity index (χ0n) is 46.1. The van der Waals surface area contributed by atoms with Gasteiger partial charge in [0.15, 0.2) is 12.1 Å². The minimum absolute atomic E-state index is 0.0259. The van der Waals surface area contributed by atoms with Gasteiger partial charge in [0, 0.05) is 61.0 Å². The molecule has 20 atom stereocenters. The van der Waals surface area contributed by atoms with E-state index in [9.17, 15) is 65.4 Å². The molecule has 0 unspecified atom stereocenters. The molecular weight excluding hydrogens is 1040 g/mol. The Labute approximate surface area is 467 Å². The van der Waals surface area contributed by atoms with Gasteiger partial charge in [-0.1, -0.05) is 117 Å². The van der Waals surface area contributed by atoms with Gasteiger partial charge in [0.05, 0.1) is 92.6 Å². The largest absolute Gasteiger partial charge is 0.467 e. The molecule has 80 heavy (non-hydrogen) atoms. The number of carbonyl (C=O) groups excluding carboxylic acids is 3. The lowest BCUT2D eigenvalue weighted by molar-refractivity contribution is -0.307. The Kier molecular flexibility index (Phi) is 26.1. The van der Waals surface area contributed by atoms with Crippen molar-refractivity contribution in [2.24, 2.45) is 23.5 Å². The van der Waals surface area contributed by atoms with Gasteiger partial charge in [0.1, 0.15) is 18.2 Å². The smallest absolute Gasteiger partial charge is 0.328 e. The maximum absolute atomic E-state index is 14.6. The Morgan fingerprint density at radius 3 is 2.01 bits per heavy atom. The normalized spacial score (nSPS) is 39.5. The molecular formula is C59H85N3O18. The summed E-state index contributed by atoms with van der Waals surface area (Å²) in [4.78, 5) is 43.8. The first kappa shape index (κ1) is 65.6. The lowest BCUT2D eigenvalue weighted by Crippen LogP contribution is -2.62. The van der Waals surface area contributed by atoms with Crippen LogP contribution in [0, 0.1) is 17.8 Å². The lowest BCUT2D eigenvalue weighted by atomic mass is 9.82. The highest BCUT2D eigenvalue weighted by Crippen LogP contribution is 2.38. The summed E-state index contributed by atoms with van der Waals surface area (Å²) < 4.78 is 29.1. The van der Waals surface area contributed by atoms with Gasteiger partial charge < -0.3 is 90.8 Å². The number of nitrogens with one attached hydrogen (secondary N) is 2. The van der Waals surface area contributed by atoms with E-state index in [1.165, 1.54) is 6.92 Å². The molecule has 2 fully saturated rings. The summed E-state index contributed by atoms with van der Waals surface area (Å²) in [7, 11) is 1.16. The lowest BCUT2D eigenvalue weighted by Gasteiger charge is -2.46. The molecule has 3 aliphatic heterocycles. The molecule has 0 aliphatic carbocycles. The van der Waals surface area contributed by atoms with Crippen molar-refractivity contribution in [2.75, 3.05) is 7.11 Å². The van der Waals surface area contributed by atoms with Gasteiger partial charge in [0.25, 0.3) is 0 Å². The minimum atomic E-state index is -2.40. The SMILES string of the molecule is COC(=O)[C@H](Cc1c[nH]c2ccccc12)NC(=O)[C@H]1[C@@H]2C[C@@H](O[C@@H]3O[C@H](C)[C@@H](O)[C@H](N)[C@@H]3O)/C=C/C=C/C=C/C=C/C=C/C=C/C=C/[C@H](C)[C@@H](O)[C@@H](C)[C@H](C)OC(=O)C[C@H](O)C[C@H](O)CC[C@@H](O)[C@H](O)C[C@H](O)C[C@](O)(C[C@@H]1O)O2. The fourth-order valence-corrected chi connectivity index (χ4v) is 10.1. The zero-order valence-corrected chi connectivity index (χ0v) is 46.1. The highest BCUT2D eigenvalue weighted by Gasteiger charge is 2.51. The molecule has 0 spiro atoms. The van der Waals surface area contributed by atoms with E-state index in [-0.39, 0.29) is 38.0 Å². The van der Waals surface area contributed by atoms with Gasteiger partial charge in [-0.2, -0.15) is 0 Å². The first-order valence-corrected chi connectivity index (χ1v) is 27.4. The Morgan fingerprint density at radius 2 is 1.36 bits per heavy atom. The summed E-state index contributed by atoms with van der Waals surface area (Å²) in [6, 6.07) is 4.88. The number of hydrogen-bond donors (Lipinski definition) is 13. The zero-order chi connectivity index (χ0) is 58.7. The van der Waals surface area contributed by atoms with Crippen LogP contribution in [0.4, 0.5) is 0 Å². The second-order valence-electron chi connectivity index (χ2n) is 21.4. The topological polar surface area (TPSA) is 354 Å². The average Bonchev–Trinajstić information content (AvgIpc) is 3.81. The first-order chi connectivity index (χ1) is 38.0. The maximum Gasteiger partial charge on any atom is 0.328 e. The van der Waals surface area contributed by atoms with Crippen LogP contribution in [0.25, 0.3) is 10.9 Å². The molecule has 0 saturated carbocycles. The second kappa shape index (κ2) is 31.9. The van der Waals surface area contributed by atoms with Crippen LogP contribution in [-0.4, -0.2) is 185 Å². The van der Waals surface area contributed by atoms with E-state index >= 15 is 0 Å². The average molecular weight is 1120 g/mol. The highest BCUT2D eigenvalue weighted by atomic mass is 16.7. The molecule has 14 N–H and O–H groups in total. The van der Waals surface area contributed by atoms with Crippen LogP contribution in [0.1, 0.15) is 84.6 Å². The van der Waals surface area contributed by atoms with Crippen LogP contribution in [0.2, 0.25) is 0 Å². The molecule has 2 bridgehead atoms. The number of hydrogen-bond acceptors (Lipinski definition) is 19. The van der Waals surface area contributed by atoms with E-state index in [0.717, 1.165) is 18.0 Å². The number of aromatic amines is 1. The predicted octanol–water partition coefficient (Wildman–Crippen LogP) is 2.01. The van der Waals surface area contributed by atoms with Gasteiger partial charge in [-0.25, -0.2) is 4.79 Å². The number of ether oxygens (including phenoxy) is 5. The van der Waals surface area contributed by atoms with Crippen molar-refractivity contribution in [2.45, 2.75) is 189 Å². The number of aromatic nitrogens is 1. The third-order valence-corrected chi connectivity index (χ3v) is 14.9. The van der Waals surface area contributed by atoms with Crippen LogP contribution in [-0.2, 0) is 44.5 Å². The molecule has 0 radical (unpaired) electrons. The number of nitrogens with two attached hydrogens (primary N) is 1. The number of benzene rings is 1. The number of fused-ring (bicyclic) bond motifs is 3. The Morgan fingerprint density at radius 1 is 0.738 bits per heavy atom. The molecule has 444 valence electrons. The van der Waals surface area contributed by atoms with Crippen LogP contribution in [0.3, 0.4) is 0 Å². The van der Waals surface area contributed by atoms with Crippen molar-refractivity contribution in [3.63, 3.8) is 0 Å². The van der Waals surface area contributed by atoms with Crippen LogP contribution >= 0.6 is 0 Å². The summed E-state index contributed by atoms with van der Waals surface area (Å²) >= 11 is 0. The fraction of sp³-hybridized carbons (Fsp3) is 0.576. The quantitative estimate of drug-likeness (QED) is 0.176. The number of amides is 1.